The van der Waals surface area contributed by atoms with E-state index in [9.17, 15) is 0 Å². The van der Waals surface area contributed by atoms with E-state index < -0.39 is 0 Å². The van der Waals surface area contributed by atoms with E-state index >= 15 is 0 Å². The fourth-order valence-electron chi connectivity index (χ4n) is 2.74. The Morgan fingerprint density at radius 3 is 2.60 bits per heavy atom. The van der Waals surface area contributed by atoms with Crippen LogP contribution in [0.2, 0.25) is 0 Å². The van der Waals surface area contributed by atoms with Crippen molar-refractivity contribution >= 4 is 0 Å². The predicted molar refractivity (Wildman–Crippen MR) is 81.8 cm³/mol. The van der Waals surface area contributed by atoms with Gasteiger partial charge in [-0.05, 0) is 42.4 Å². The maximum Gasteiger partial charge on any atom is 0.0766 e. The van der Waals surface area contributed by atoms with Crippen molar-refractivity contribution in [2.24, 2.45) is 11.3 Å². The predicted octanol–water partition coefficient (Wildman–Crippen LogP) is 3.40. The molecule has 106 valence electrons. The van der Waals surface area contributed by atoms with E-state index in [0.717, 1.165) is 30.4 Å². The zero-order valence-electron chi connectivity index (χ0n) is 12.3. The number of benzene rings is 1. The lowest BCUT2D eigenvalue weighted by Crippen LogP contribution is -2.27. The molecule has 20 heavy (non-hydrogen) atoms. The summed E-state index contributed by atoms with van der Waals surface area (Å²) in [5.74, 6) is 0.775. The molecule has 0 atom stereocenters. The molecule has 0 bridgehead atoms. The molecule has 3 rings (SSSR count). The second-order valence-electron chi connectivity index (χ2n) is 6.21. The van der Waals surface area contributed by atoms with Crippen LogP contribution in [0.25, 0.3) is 5.69 Å². The Bertz CT molecular complexity index is 553. The van der Waals surface area contributed by atoms with Crippen LogP contribution < -0.4 is 5.32 Å². The van der Waals surface area contributed by atoms with Gasteiger partial charge in [0.1, 0.15) is 0 Å². The highest BCUT2D eigenvalue weighted by Gasteiger charge is 2.44. The number of hydrogen-bond acceptors (Lipinski definition) is 2. The van der Waals surface area contributed by atoms with Crippen molar-refractivity contribution in [2.75, 3.05) is 6.54 Å². The average Bonchev–Trinajstić information content (AvgIpc) is 3.11. The van der Waals surface area contributed by atoms with Crippen molar-refractivity contribution in [3.63, 3.8) is 0 Å². The summed E-state index contributed by atoms with van der Waals surface area (Å²) < 4.78 is 1.94. The standard InChI is InChI=1S/C17H23N3/c1-14(2)17(9-10-17)13-18-12-15-8-11-20(19-15)16-6-4-3-5-7-16/h3-8,11,14,18H,9-10,12-13H2,1-2H3. The van der Waals surface area contributed by atoms with Crippen LogP contribution >= 0.6 is 0 Å². The Hall–Kier alpha value is -1.61. The molecule has 0 radical (unpaired) electrons. The second-order valence-corrected chi connectivity index (χ2v) is 6.21. The number of para-hydroxylation sites is 1. The Morgan fingerprint density at radius 1 is 1.20 bits per heavy atom. The maximum absolute atomic E-state index is 4.62. The minimum atomic E-state index is 0.558. The Balaban J connectivity index is 1.56. The third kappa shape index (κ3) is 2.78. The zero-order valence-corrected chi connectivity index (χ0v) is 12.3. The highest BCUT2D eigenvalue weighted by molar-refractivity contribution is 5.30. The highest BCUT2D eigenvalue weighted by atomic mass is 15.3. The monoisotopic (exact) mass is 269 g/mol. The summed E-state index contributed by atoms with van der Waals surface area (Å²) in [4.78, 5) is 0. The largest absolute Gasteiger partial charge is 0.311 e. The molecule has 1 fully saturated rings. The van der Waals surface area contributed by atoms with Crippen LogP contribution in [-0.4, -0.2) is 16.3 Å². The van der Waals surface area contributed by atoms with Crippen LogP contribution in [-0.2, 0) is 6.54 Å². The van der Waals surface area contributed by atoms with E-state index in [2.05, 4.69) is 42.5 Å². The van der Waals surface area contributed by atoms with Gasteiger partial charge in [-0.2, -0.15) is 5.10 Å². The van der Waals surface area contributed by atoms with E-state index in [1.165, 1.54) is 12.8 Å². The van der Waals surface area contributed by atoms with Gasteiger partial charge in [0.15, 0.2) is 0 Å². The van der Waals surface area contributed by atoms with Gasteiger partial charge in [0.25, 0.3) is 0 Å². The van der Waals surface area contributed by atoms with Crippen LogP contribution in [0.3, 0.4) is 0 Å². The molecule has 0 amide bonds. The fourth-order valence-corrected chi connectivity index (χ4v) is 2.74. The summed E-state index contributed by atoms with van der Waals surface area (Å²) in [5.41, 5.74) is 2.77. The first-order chi connectivity index (χ1) is 9.70. The third-order valence-corrected chi connectivity index (χ3v) is 4.57. The van der Waals surface area contributed by atoms with Gasteiger partial charge in [-0.1, -0.05) is 32.0 Å². The minimum absolute atomic E-state index is 0.558. The maximum atomic E-state index is 4.62. The van der Waals surface area contributed by atoms with Crippen molar-refractivity contribution in [3.05, 3.63) is 48.3 Å². The quantitative estimate of drug-likeness (QED) is 0.871. The van der Waals surface area contributed by atoms with Crippen molar-refractivity contribution in [1.29, 1.82) is 0 Å². The molecule has 3 nitrogen and oxygen atoms in total. The minimum Gasteiger partial charge on any atom is -0.311 e. The van der Waals surface area contributed by atoms with Gasteiger partial charge in [0.2, 0.25) is 0 Å². The SMILES string of the molecule is CC(C)C1(CNCc2ccn(-c3ccccc3)n2)CC1. The van der Waals surface area contributed by atoms with Crippen LogP contribution in [0.5, 0.6) is 0 Å². The molecular formula is C17H23N3. The zero-order chi connectivity index (χ0) is 14.0. The molecule has 1 aliphatic rings. The smallest absolute Gasteiger partial charge is 0.0766 e. The third-order valence-electron chi connectivity index (χ3n) is 4.57. The van der Waals surface area contributed by atoms with E-state index in [0.29, 0.717) is 5.41 Å². The fraction of sp³-hybridized carbons (Fsp3) is 0.471. The first-order valence-electron chi connectivity index (χ1n) is 7.50. The lowest BCUT2D eigenvalue weighted by molar-refractivity contribution is 0.337. The van der Waals surface area contributed by atoms with Crippen LogP contribution in [0.1, 0.15) is 32.4 Å². The van der Waals surface area contributed by atoms with Gasteiger partial charge in [-0.25, -0.2) is 4.68 Å². The summed E-state index contributed by atoms with van der Waals surface area (Å²) in [6.45, 7) is 6.63. The van der Waals surface area contributed by atoms with Gasteiger partial charge < -0.3 is 5.32 Å². The second kappa shape index (κ2) is 5.41. The summed E-state index contributed by atoms with van der Waals surface area (Å²) >= 11 is 0. The summed E-state index contributed by atoms with van der Waals surface area (Å²) in [5, 5.41) is 8.19. The highest BCUT2D eigenvalue weighted by Crippen LogP contribution is 2.51. The Labute approximate surface area is 121 Å². The van der Waals surface area contributed by atoms with E-state index in [1.54, 1.807) is 0 Å². The summed E-state index contributed by atoms with van der Waals surface area (Å²) in [7, 11) is 0. The number of nitrogens with one attached hydrogen (secondary N) is 1. The van der Waals surface area contributed by atoms with Crippen LogP contribution in [0.15, 0.2) is 42.6 Å². The molecular weight excluding hydrogens is 246 g/mol. The van der Waals surface area contributed by atoms with Gasteiger partial charge >= 0.3 is 0 Å². The molecule has 0 saturated heterocycles. The van der Waals surface area contributed by atoms with E-state index in [-0.39, 0.29) is 0 Å². The molecule has 1 aromatic heterocycles. The Kier molecular flexibility index (Phi) is 3.62. The van der Waals surface area contributed by atoms with E-state index in [4.69, 9.17) is 0 Å². The molecule has 1 N–H and O–H groups in total. The molecule has 1 saturated carbocycles. The first-order valence-corrected chi connectivity index (χ1v) is 7.50. The van der Waals surface area contributed by atoms with Crippen molar-refractivity contribution in [2.45, 2.75) is 33.2 Å². The lowest BCUT2D eigenvalue weighted by atomic mass is 9.92. The summed E-state index contributed by atoms with van der Waals surface area (Å²) in [6.07, 6.45) is 4.77. The van der Waals surface area contributed by atoms with Crippen molar-refractivity contribution in [1.82, 2.24) is 15.1 Å². The Morgan fingerprint density at radius 2 is 1.95 bits per heavy atom. The molecule has 1 aliphatic carbocycles. The topological polar surface area (TPSA) is 29.9 Å². The van der Waals surface area contributed by atoms with Crippen molar-refractivity contribution in [3.8, 4) is 5.69 Å². The molecule has 0 aliphatic heterocycles. The lowest BCUT2D eigenvalue weighted by Gasteiger charge is -2.19. The number of aromatic nitrogens is 2. The number of hydrogen-bond donors (Lipinski definition) is 1. The van der Waals surface area contributed by atoms with Crippen LogP contribution in [0, 0.1) is 11.3 Å². The molecule has 0 unspecified atom stereocenters. The normalized spacial score (nSPS) is 16.6. The molecule has 3 heteroatoms. The summed E-state index contributed by atoms with van der Waals surface area (Å²) in [6, 6.07) is 12.3. The molecule has 0 spiro atoms. The van der Waals surface area contributed by atoms with Gasteiger partial charge in [0.05, 0.1) is 11.4 Å². The molecule has 1 heterocycles. The first kappa shape index (κ1) is 13.4. The van der Waals surface area contributed by atoms with Crippen LogP contribution in [0.4, 0.5) is 0 Å². The van der Waals surface area contributed by atoms with Gasteiger partial charge in [-0.3, -0.25) is 0 Å². The van der Waals surface area contributed by atoms with E-state index in [1.807, 2.05) is 29.1 Å². The van der Waals surface area contributed by atoms with Gasteiger partial charge in [-0.15, -0.1) is 0 Å². The van der Waals surface area contributed by atoms with Crippen molar-refractivity contribution < 1.29 is 0 Å². The van der Waals surface area contributed by atoms with Gasteiger partial charge in [0, 0.05) is 19.3 Å². The number of rotatable bonds is 6. The molecule has 1 aromatic carbocycles. The molecule has 2 aromatic rings. The average molecular weight is 269 g/mol. The number of nitrogens with zero attached hydrogens (tertiary/aromatic N) is 2.